The zero-order chi connectivity index (χ0) is 8.97. The molecule has 0 saturated heterocycles. The first kappa shape index (κ1) is 9.29. The molecule has 68 valence electrons. The fourth-order valence-corrected chi connectivity index (χ4v) is 1.28. The lowest BCUT2D eigenvalue weighted by atomic mass is 10.0. The van der Waals surface area contributed by atoms with Crippen molar-refractivity contribution in [3.63, 3.8) is 0 Å². The minimum Gasteiger partial charge on any atom is -0.468 e. The number of aliphatic hydroxyl groups is 1. The summed E-state index contributed by atoms with van der Waals surface area (Å²) >= 11 is 0. The first-order valence-electron chi connectivity index (χ1n) is 4.11. The minimum absolute atomic E-state index is 0.102. The van der Waals surface area contributed by atoms with Gasteiger partial charge in [0.2, 0.25) is 0 Å². The standard InChI is InChI=1S/C9H15NO2/c1-7(6-11)9(10-2)8-4-3-5-12-8/h3-5,7,9-11H,6H2,1-2H3/t7-,9+/m1/s1. The molecule has 0 radical (unpaired) electrons. The van der Waals surface area contributed by atoms with E-state index in [1.165, 1.54) is 0 Å². The molecule has 0 unspecified atom stereocenters. The second kappa shape index (κ2) is 4.28. The summed E-state index contributed by atoms with van der Waals surface area (Å²) < 4.78 is 5.24. The van der Waals surface area contributed by atoms with E-state index in [1.54, 1.807) is 6.26 Å². The van der Waals surface area contributed by atoms with E-state index < -0.39 is 0 Å². The summed E-state index contributed by atoms with van der Waals surface area (Å²) in [5.41, 5.74) is 0. The van der Waals surface area contributed by atoms with Crippen LogP contribution >= 0.6 is 0 Å². The van der Waals surface area contributed by atoms with E-state index in [9.17, 15) is 0 Å². The molecule has 0 bridgehead atoms. The summed E-state index contributed by atoms with van der Waals surface area (Å²) in [6.45, 7) is 2.13. The van der Waals surface area contributed by atoms with E-state index >= 15 is 0 Å². The van der Waals surface area contributed by atoms with Crippen LogP contribution in [0.1, 0.15) is 18.7 Å². The molecule has 0 aliphatic carbocycles. The molecule has 0 spiro atoms. The van der Waals surface area contributed by atoms with Crippen molar-refractivity contribution in [2.24, 2.45) is 5.92 Å². The van der Waals surface area contributed by atoms with Crippen molar-refractivity contribution in [1.82, 2.24) is 5.32 Å². The highest BCUT2D eigenvalue weighted by atomic mass is 16.3. The first-order chi connectivity index (χ1) is 5.79. The van der Waals surface area contributed by atoms with Crippen LogP contribution in [0.4, 0.5) is 0 Å². The highest BCUT2D eigenvalue weighted by Crippen LogP contribution is 2.20. The highest BCUT2D eigenvalue weighted by molar-refractivity contribution is 5.05. The van der Waals surface area contributed by atoms with Gasteiger partial charge in [-0.3, -0.25) is 0 Å². The monoisotopic (exact) mass is 169 g/mol. The van der Waals surface area contributed by atoms with E-state index in [0.717, 1.165) is 5.76 Å². The zero-order valence-electron chi connectivity index (χ0n) is 7.45. The second-order valence-corrected chi connectivity index (χ2v) is 2.94. The summed E-state index contributed by atoms with van der Waals surface area (Å²) in [4.78, 5) is 0. The maximum absolute atomic E-state index is 8.95. The number of aliphatic hydroxyl groups excluding tert-OH is 1. The summed E-state index contributed by atoms with van der Waals surface area (Å²) in [5, 5.41) is 12.1. The van der Waals surface area contributed by atoms with Crippen molar-refractivity contribution in [2.75, 3.05) is 13.7 Å². The van der Waals surface area contributed by atoms with Crippen molar-refractivity contribution in [2.45, 2.75) is 13.0 Å². The third-order valence-corrected chi connectivity index (χ3v) is 2.02. The molecule has 1 rings (SSSR count). The quantitative estimate of drug-likeness (QED) is 0.711. The van der Waals surface area contributed by atoms with Crippen molar-refractivity contribution in [1.29, 1.82) is 0 Å². The molecule has 3 heteroatoms. The van der Waals surface area contributed by atoms with Crippen LogP contribution in [0.3, 0.4) is 0 Å². The second-order valence-electron chi connectivity index (χ2n) is 2.94. The van der Waals surface area contributed by atoms with Gasteiger partial charge in [-0.25, -0.2) is 0 Å². The average molecular weight is 169 g/mol. The number of hydrogen-bond acceptors (Lipinski definition) is 3. The Kier molecular flexibility index (Phi) is 3.31. The summed E-state index contributed by atoms with van der Waals surface area (Å²) in [6.07, 6.45) is 1.64. The smallest absolute Gasteiger partial charge is 0.121 e. The van der Waals surface area contributed by atoms with Gasteiger partial charge in [0, 0.05) is 12.5 Å². The molecule has 0 saturated carbocycles. The molecule has 0 fully saturated rings. The van der Waals surface area contributed by atoms with Crippen LogP contribution in [-0.2, 0) is 0 Å². The Labute approximate surface area is 72.4 Å². The average Bonchev–Trinajstić information content (AvgIpc) is 2.58. The molecule has 0 aliphatic heterocycles. The Hall–Kier alpha value is -0.800. The van der Waals surface area contributed by atoms with Gasteiger partial charge in [0.25, 0.3) is 0 Å². The SMILES string of the molecule is CN[C@H](c1ccco1)[C@H](C)CO. The maximum Gasteiger partial charge on any atom is 0.121 e. The van der Waals surface area contributed by atoms with Gasteiger partial charge >= 0.3 is 0 Å². The van der Waals surface area contributed by atoms with Crippen LogP contribution in [0, 0.1) is 5.92 Å². The summed E-state index contributed by atoms with van der Waals surface area (Å²) in [6, 6.07) is 3.86. The topological polar surface area (TPSA) is 45.4 Å². The number of nitrogens with one attached hydrogen (secondary N) is 1. The van der Waals surface area contributed by atoms with Gasteiger partial charge in [-0.2, -0.15) is 0 Å². The molecule has 1 aromatic rings. The van der Waals surface area contributed by atoms with Crippen LogP contribution < -0.4 is 5.32 Å². The van der Waals surface area contributed by atoms with Gasteiger partial charge < -0.3 is 14.8 Å². The Morgan fingerprint density at radius 2 is 2.42 bits per heavy atom. The summed E-state index contributed by atoms with van der Waals surface area (Å²) in [5.74, 6) is 1.04. The molecule has 0 aliphatic rings. The minimum atomic E-state index is 0.102. The van der Waals surface area contributed by atoms with Gasteiger partial charge in [0.05, 0.1) is 12.3 Å². The fraction of sp³-hybridized carbons (Fsp3) is 0.556. The summed E-state index contributed by atoms with van der Waals surface area (Å²) in [7, 11) is 1.86. The van der Waals surface area contributed by atoms with E-state index in [2.05, 4.69) is 5.32 Å². The predicted octanol–water partition coefficient (Wildman–Crippen LogP) is 1.17. The molecule has 12 heavy (non-hydrogen) atoms. The Morgan fingerprint density at radius 3 is 2.83 bits per heavy atom. The first-order valence-corrected chi connectivity index (χ1v) is 4.11. The Morgan fingerprint density at radius 1 is 1.67 bits per heavy atom. The third kappa shape index (κ3) is 1.87. The van der Waals surface area contributed by atoms with Crippen molar-refractivity contribution < 1.29 is 9.52 Å². The van der Waals surface area contributed by atoms with E-state index in [4.69, 9.17) is 9.52 Å². The van der Waals surface area contributed by atoms with Crippen molar-refractivity contribution in [3.05, 3.63) is 24.2 Å². The highest BCUT2D eigenvalue weighted by Gasteiger charge is 2.18. The van der Waals surface area contributed by atoms with Gasteiger partial charge in [-0.1, -0.05) is 6.92 Å². The van der Waals surface area contributed by atoms with Crippen molar-refractivity contribution in [3.8, 4) is 0 Å². The van der Waals surface area contributed by atoms with Gasteiger partial charge in [-0.15, -0.1) is 0 Å². The lowest BCUT2D eigenvalue weighted by Crippen LogP contribution is -2.25. The van der Waals surface area contributed by atoms with Gasteiger partial charge in [0.15, 0.2) is 0 Å². The molecule has 2 atom stereocenters. The Balaban J connectivity index is 2.69. The largest absolute Gasteiger partial charge is 0.468 e. The van der Waals surface area contributed by atoms with E-state index in [1.807, 2.05) is 26.1 Å². The fourth-order valence-electron chi connectivity index (χ4n) is 1.28. The van der Waals surface area contributed by atoms with E-state index in [0.29, 0.717) is 0 Å². The molecule has 1 heterocycles. The maximum atomic E-state index is 8.95. The third-order valence-electron chi connectivity index (χ3n) is 2.02. The molecule has 1 aromatic heterocycles. The lowest BCUT2D eigenvalue weighted by molar-refractivity contribution is 0.194. The predicted molar refractivity (Wildman–Crippen MR) is 46.8 cm³/mol. The number of furan rings is 1. The van der Waals surface area contributed by atoms with Crippen LogP contribution in [0.25, 0.3) is 0 Å². The van der Waals surface area contributed by atoms with Crippen LogP contribution in [0.15, 0.2) is 22.8 Å². The van der Waals surface area contributed by atoms with E-state index in [-0.39, 0.29) is 18.6 Å². The lowest BCUT2D eigenvalue weighted by Gasteiger charge is -2.19. The van der Waals surface area contributed by atoms with Gasteiger partial charge in [-0.05, 0) is 19.2 Å². The molecular weight excluding hydrogens is 154 g/mol. The molecule has 0 amide bonds. The molecular formula is C9H15NO2. The normalized spacial score (nSPS) is 15.9. The van der Waals surface area contributed by atoms with Gasteiger partial charge in [0.1, 0.15) is 5.76 Å². The van der Waals surface area contributed by atoms with Crippen molar-refractivity contribution >= 4 is 0 Å². The number of rotatable bonds is 4. The molecule has 2 N–H and O–H groups in total. The zero-order valence-corrected chi connectivity index (χ0v) is 7.45. The molecule has 0 aromatic carbocycles. The molecule has 3 nitrogen and oxygen atoms in total. The van der Waals surface area contributed by atoms with Crippen LogP contribution in [0.5, 0.6) is 0 Å². The van der Waals surface area contributed by atoms with Crippen LogP contribution in [-0.4, -0.2) is 18.8 Å². The number of hydrogen-bond donors (Lipinski definition) is 2. The van der Waals surface area contributed by atoms with Crippen LogP contribution in [0.2, 0.25) is 0 Å². The Bertz CT molecular complexity index is 208.